The van der Waals surface area contributed by atoms with E-state index < -0.39 is 0 Å². The van der Waals surface area contributed by atoms with Crippen molar-refractivity contribution in [2.75, 3.05) is 0 Å². The maximum atomic E-state index is 5.89. The summed E-state index contributed by atoms with van der Waals surface area (Å²) in [5.74, 6) is 0. The molecule has 0 radical (unpaired) electrons. The summed E-state index contributed by atoms with van der Waals surface area (Å²) >= 11 is 5.89. The maximum Gasteiger partial charge on any atom is 0.0161 e. The Morgan fingerprint density at radius 3 is 2.86 bits per heavy atom. The van der Waals surface area contributed by atoms with E-state index in [1.165, 1.54) is 11.1 Å². The second-order valence-electron chi connectivity index (χ2n) is 4.03. The Morgan fingerprint density at radius 2 is 2.14 bits per heavy atom. The van der Waals surface area contributed by atoms with E-state index in [1.807, 2.05) is 0 Å². The van der Waals surface area contributed by atoms with Crippen LogP contribution in [0.15, 0.2) is 42.0 Å². The van der Waals surface area contributed by atoms with Crippen molar-refractivity contribution in [3.63, 3.8) is 0 Å². The normalized spacial score (nSPS) is 23.6. The van der Waals surface area contributed by atoms with Crippen LogP contribution in [0.25, 0.3) is 6.08 Å². The molecule has 0 saturated carbocycles. The van der Waals surface area contributed by atoms with Crippen LogP contribution in [0.3, 0.4) is 0 Å². The molecule has 1 unspecified atom stereocenters. The summed E-state index contributed by atoms with van der Waals surface area (Å²) in [6.45, 7) is 5.97. The number of fused-ring (bicyclic) bond motifs is 1. The third-order valence-electron chi connectivity index (χ3n) is 2.77. The van der Waals surface area contributed by atoms with Gasteiger partial charge < -0.3 is 0 Å². The van der Waals surface area contributed by atoms with E-state index in [9.17, 15) is 0 Å². The summed E-state index contributed by atoms with van der Waals surface area (Å²) in [5.41, 5.74) is 2.69. The minimum Gasteiger partial charge on any atom is -0.0898 e. The van der Waals surface area contributed by atoms with Crippen LogP contribution in [0.4, 0.5) is 0 Å². The van der Waals surface area contributed by atoms with Gasteiger partial charge in [-0.15, -0.1) is 0 Å². The quantitative estimate of drug-likeness (QED) is 0.680. The standard InChI is InChI=1S/C13H13Cl/c1-10(14)9-13(2)8-7-11-5-3-4-6-12(11)13/h3-8H,1,9H2,2H3. The summed E-state index contributed by atoms with van der Waals surface area (Å²) in [6.07, 6.45) is 5.18. The van der Waals surface area contributed by atoms with Gasteiger partial charge in [0.1, 0.15) is 0 Å². The monoisotopic (exact) mass is 204 g/mol. The number of benzene rings is 1. The first-order valence-corrected chi connectivity index (χ1v) is 5.12. The molecule has 0 fully saturated rings. The number of rotatable bonds is 2. The first-order chi connectivity index (χ1) is 6.62. The van der Waals surface area contributed by atoms with E-state index in [0.29, 0.717) is 5.03 Å². The predicted molar refractivity (Wildman–Crippen MR) is 62.4 cm³/mol. The smallest absolute Gasteiger partial charge is 0.0161 e. The Labute approximate surface area is 89.9 Å². The molecule has 0 nitrogen and oxygen atoms in total. The SMILES string of the molecule is C=C(Cl)CC1(C)C=Cc2ccccc21. The summed E-state index contributed by atoms with van der Waals surface area (Å²) in [5, 5.41) is 0.717. The van der Waals surface area contributed by atoms with Gasteiger partial charge in [-0.1, -0.05) is 61.5 Å². The van der Waals surface area contributed by atoms with Crippen LogP contribution in [-0.2, 0) is 5.41 Å². The molecule has 1 aliphatic carbocycles. The third-order valence-corrected chi connectivity index (χ3v) is 2.90. The lowest BCUT2D eigenvalue weighted by atomic mass is 9.82. The average Bonchev–Trinajstić information content (AvgIpc) is 2.44. The number of hydrogen-bond donors (Lipinski definition) is 0. The molecule has 0 amide bonds. The molecular weight excluding hydrogens is 192 g/mol. The molecule has 72 valence electrons. The van der Waals surface area contributed by atoms with Crippen LogP contribution < -0.4 is 0 Å². The van der Waals surface area contributed by atoms with Gasteiger partial charge in [-0.05, 0) is 17.5 Å². The minimum atomic E-state index is 0.0371. The second-order valence-corrected chi connectivity index (χ2v) is 4.57. The molecule has 2 rings (SSSR count). The van der Waals surface area contributed by atoms with Gasteiger partial charge in [0.25, 0.3) is 0 Å². The van der Waals surface area contributed by atoms with Crippen LogP contribution in [-0.4, -0.2) is 0 Å². The van der Waals surface area contributed by atoms with Crippen molar-refractivity contribution in [2.24, 2.45) is 0 Å². The lowest BCUT2D eigenvalue weighted by Crippen LogP contribution is -2.16. The summed E-state index contributed by atoms with van der Waals surface area (Å²) in [7, 11) is 0. The van der Waals surface area contributed by atoms with Crippen molar-refractivity contribution < 1.29 is 0 Å². The van der Waals surface area contributed by atoms with Crippen molar-refractivity contribution in [3.05, 3.63) is 53.1 Å². The molecule has 0 N–H and O–H groups in total. The molecule has 0 aromatic heterocycles. The van der Waals surface area contributed by atoms with E-state index in [-0.39, 0.29) is 5.41 Å². The van der Waals surface area contributed by atoms with Crippen LogP contribution in [0, 0.1) is 0 Å². The van der Waals surface area contributed by atoms with Crippen molar-refractivity contribution in [1.29, 1.82) is 0 Å². The van der Waals surface area contributed by atoms with E-state index in [2.05, 4.69) is 49.9 Å². The van der Waals surface area contributed by atoms with Gasteiger partial charge in [-0.2, -0.15) is 0 Å². The van der Waals surface area contributed by atoms with Crippen LogP contribution >= 0.6 is 11.6 Å². The Balaban J connectivity index is 2.42. The van der Waals surface area contributed by atoms with Crippen molar-refractivity contribution in [3.8, 4) is 0 Å². The topological polar surface area (TPSA) is 0 Å². The van der Waals surface area contributed by atoms with Crippen LogP contribution in [0.5, 0.6) is 0 Å². The molecule has 0 aliphatic heterocycles. The highest BCUT2D eigenvalue weighted by Crippen LogP contribution is 2.40. The molecule has 1 aliphatic rings. The fourth-order valence-electron chi connectivity index (χ4n) is 2.08. The number of hydrogen-bond acceptors (Lipinski definition) is 0. The van der Waals surface area contributed by atoms with Gasteiger partial charge in [-0.3, -0.25) is 0 Å². The van der Waals surface area contributed by atoms with Gasteiger partial charge in [0.2, 0.25) is 0 Å². The van der Waals surface area contributed by atoms with E-state index in [4.69, 9.17) is 11.6 Å². The Hall–Kier alpha value is -1.01. The molecule has 0 saturated heterocycles. The highest BCUT2D eigenvalue weighted by atomic mass is 35.5. The predicted octanol–water partition coefficient (Wildman–Crippen LogP) is 4.11. The molecule has 0 bridgehead atoms. The molecule has 0 heterocycles. The molecule has 1 aromatic carbocycles. The molecule has 1 heteroatoms. The Morgan fingerprint density at radius 1 is 1.43 bits per heavy atom. The molecule has 0 spiro atoms. The number of halogens is 1. The number of allylic oxidation sites excluding steroid dienone is 2. The molecule has 1 aromatic rings. The minimum absolute atomic E-state index is 0.0371. The average molecular weight is 205 g/mol. The summed E-state index contributed by atoms with van der Waals surface area (Å²) in [6, 6.07) is 8.43. The van der Waals surface area contributed by atoms with Gasteiger partial charge in [0.15, 0.2) is 0 Å². The van der Waals surface area contributed by atoms with E-state index in [1.54, 1.807) is 0 Å². The second kappa shape index (κ2) is 3.29. The fraction of sp³-hybridized carbons (Fsp3) is 0.231. The summed E-state index contributed by atoms with van der Waals surface area (Å²) < 4.78 is 0. The third kappa shape index (κ3) is 1.51. The first-order valence-electron chi connectivity index (χ1n) is 4.74. The maximum absolute atomic E-state index is 5.89. The van der Waals surface area contributed by atoms with Crippen molar-refractivity contribution in [2.45, 2.75) is 18.8 Å². The van der Waals surface area contributed by atoms with Crippen LogP contribution in [0.1, 0.15) is 24.5 Å². The zero-order valence-corrected chi connectivity index (χ0v) is 9.01. The largest absolute Gasteiger partial charge is 0.0898 e. The highest BCUT2D eigenvalue weighted by molar-refractivity contribution is 6.29. The van der Waals surface area contributed by atoms with Crippen molar-refractivity contribution >= 4 is 17.7 Å². The van der Waals surface area contributed by atoms with Crippen molar-refractivity contribution in [1.82, 2.24) is 0 Å². The summed E-state index contributed by atoms with van der Waals surface area (Å²) in [4.78, 5) is 0. The Bertz CT molecular complexity index is 403. The van der Waals surface area contributed by atoms with E-state index in [0.717, 1.165) is 6.42 Å². The van der Waals surface area contributed by atoms with E-state index >= 15 is 0 Å². The molecular formula is C13H13Cl. The highest BCUT2D eigenvalue weighted by Gasteiger charge is 2.29. The zero-order chi connectivity index (χ0) is 10.2. The first kappa shape index (κ1) is 9.54. The fourth-order valence-corrected chi connectivity index (χ4v) is 2.36. The molecule has 1 atom stereocenters. The lowest BCUT2D eigenvalue weighted by Gasteiger charge is -2.23. The van der Waals surface area contributed by atoms with Gasteiger partial charge >= 0.3 is 0 Å². The van der Waals surface area contributed by atoms with Gasteiger partial charge in [-0.25, -0.2) is 0 Å². The zero-order valence-electron chi connectivity index (χ0n) is 8.26. The lowest BCUT2D eigenvalue weighted by molar-refractivity contribution is 0.611. The Kier molecular flexibility index (Phi) is 2.24. The van der Waals surface area contributed by atoms with Gasteiger partial charge in [0.05, 0.1) is 0 Å². The van der Waals surface area contributed by atoms with Gasteiger partial charge in [0, 0.05) is 10.4 Å². The molecule has 14 heavy (non-hydrogen) atoms. The van der Waals surface area contributed by atoms with Crippen LogP contribution in [0.2, 0.25) is 0 Å².